The van der Waals surface area contributed by atoms with Crippen molar-refractivity contribution >= 4 is 0 Å². The van der Waals surface area contributed by atoms with Crippen molar-refractivity contribution < 1.29 is 9.84 Å². The van der Waals surface area contributed by atoms with Gasteiger partial charge >= 0.3 is 0 Å². The van der Waals surface area contributed by atoms with E-state index in [0.29, 0.717) is 5.75 Å². The first-order chi connectivity index (χ1) is 7.61. The monoisotopic (exact) mass is 222 g/mol. The second-order valence-electron chi connectivity index (χ2n) is 4.31. The molecule has 0 amide bonds. The highest BCUT2D eigenvalue weighted by Crippen LogP contribution is 2.33. The van der Waals surface area contributed by atoms with Crippen LogP contribution >= 0.6 is 0 Å². The van der Waals surface area contributed by atoms with Gasteiger partial charge in [0.05, 0.1) is 7.11 Å². The zero-order chi connectivity index (χ0) is 11.7. The van der Waals surface area contributed by atoms with Crippen molar-refractivity contribution in [3.63, 3.8) is 0 Å². The van der Waals surface area contributed by atoms with E-state index < -0.39 is 0 Å². The molecule has 1 unspecified atom stereocenters. The van der Waals surface area contributed by atoms with E-state index in [-0.39, 0.29) is 12.1 Å². The normalized spacial score (nSPS) is 19.2. The molecule has 1 aromatic rings. The number of hydrogen-bond donors (Lipinski definition) is 2. The van der Waals surface area contributed by atoms with E-state index in [9.17, 15) is 5.11 Å². The Morgan fingerprint density at radius 1 is 1.50 bits per heavy atom. The molecule has 16 heavy (non-hydrogen) atoms. The molecule has 1 aliphatic heterocycles. The minimum Gasteiger partial charge on any atom is -0.508 e. The van der Waals surface area contributed by atoms with Gasteiger partial charge in [-0.2, -0.15) is 0 Å². The van der Waals surface area contributed by atoms with Crippen molar-refractivity contribution in [2.75, 3.05) is 20.2 Å². The molecule has 88 valence electrons. The molecule has 0 saturated carbocycles. The predicted octanol–water partition coefficient (Wildman–Crippen LogP) is 1.10. The van der Waals surface area contributed by atoms with Gasteiger partial charge < -0.3 is 15.6 Å². The molecular formula is C12H18N2O2. The van der Waals surface area contributed by atoms with Crippen LogP contribution in [0.3, 0.4) is 0 Å². The van der Waals surface area contributed by atoms with E-state index >= 15 is 0 Å². The molecule has 1 heterocycles. The third-order valence-electron chi connectivity index (χ3n) is 3.17. The second-order valence-corrected chi connectivity index (χ2v) is 4.31. The Kier molecular flexibility index (Phi) is 3.03. The van der Waals surface area contributed by atoms with Gasteiger partial charge in [0.15, 0.2) is 0 Å². The number of phenolic OH excluding ortho intramolecular Hbond substituents is 1. The summed E-state index contributed by atoms with van der Waals surface area (Å²) in [6, 6.07) is 5.76. The van der Waals surface area contributed by atoms with Gasteiger partial charge in [-0.1, -0.05) is 0 Å². The van der Waals surface area contributed by atoms with Gasteiger partial charge in [-0.3, -0.25) is 4.90 Å². The summed E-state index contributed by atoms with van der Waals surface area (Å²) >= 11 is 0. The maximum absolute atomic E-state index is 9.82. The van der Waals surface area contributed by atoms with Crippen molar-refractivity contribution in [3.8, 4) is 11.5 Å². The van der Waals surface area contributed by atoms with Crippen LogP contribution < -0.4 is 10.5 Å². The zero-order valence-electron chi connectivity index (χ0n) is 9.68. The number of aromatic hydroxyl groups is 1. The number of phenols is 1. The molecule has 1 atom stereocenters. The predicted molar refractivity (Wildman–Crippen MR) is 62.6 cm³/mol. The number of nitrogens with zero attached hydrogens (tertiary/aromatic N) is 1. The first kappa shape index (κ1) is 11.2. The number of rotatable bonds is 3. The van der Waals surface area contributed by atoms with Crippen LogP contribution in [-0.2, 0) is 0 Å². The highest BCUT2D eigenvalue weighted by molar-refractivity contribution is 5.41. The lowest BCUT2D eigenvalue weighted by molar-refractivity contribution is 0.102. The van der Waals surface area contributed by atoms with E-state index in [1.54, 1.807) is 19.2 Å². The van der Waals surface area contributed by atoms with Gasteiger partial charge in [0.25, 0.3) is 0 Å². The Balaban J connectivity index is 2.18. The van der Waals surface area contributed by atoms with Gasteiger partial charge in [0.2, 0.25) is 0 Å². The quantitative estimate of drug-likeness (QED) is 0.804. The summed E-state index contributed by atoms with van der Waals surface area (Å²) in [5.74, 6) is 1.08. The topological polar surface area (TPSA) is 58.7 Å². The molecule has 0 aliphatic carbocycles. The third-order valence-corrected chi connectivity index (χ3v) is 3.17. The van der Waals surface area contributed by atoms with E-state index in [1.807, 2.05) is 6.07 Å². The van der Waals surface area contributed by atoms with Gasteiger partial charge in [0, 0.05) is 30.7 Å². The lowest BCUT2D eigenvalue weighted by atomic mass is 10.00. The molecule has 4 nitrogen and oxygen atoms in total. The molecule has 3 N–H and O–H groups in total. The van der Waals surface area contributed by atoms with Crippen molar-refractivity contribution in [1.82, 2.24) is 4.90 Å². The molecule has 0 aromatic heterocycles. The molecule has 1 aliphatic rings. The fraction of sp³-hybridized carbons (Fsp3) is 0.500. The molecule has 4 heteroatoms. The summed E-state index contributed by atoms with van der Waals surface area (Å²) in [5, 5.41) is 9.82. The number of likely N-dealkylation sites (tertiary alicyclic amines) is 1. The fourth-order valence-corrected chi connectivity index (χ4v) is 2.06. The molecule has 0 bridgehead atoms. The van der Waals surface area contributed by atoms with E-state index in [1.165, 1.54) is 0 Å². The Morgan fingerprint density at radius 3 is 2.75 bits per heavy atom. The molecule has 1 fully saturated rings. The number of ether oxygens (including phenoxy) is 1. The maximum atomic E-state index is 9.82. The summed E-state index contributed by atoms with van der Waals surface area (Å²) in [6.45, 7) is 3.84. The minimum absolute atomic E-state index is 0.176. The van der Waals surface area contributed by atoms with E-state index in [2.05, 4.69) is 11.8 Å². The standard InChI is InChI=1S/C12H18N2O2/c1-8(14-6-9(13)7-14)11-5-10(16-2)3-4-12(11)15/h3-5,8-9,15H,6-7,13H2,1-2H3. The summed E-state index contributed by atoms with van der Waals surface area (Å²) in [7, 11) is 1.63. The first-order valence-corrected chi connectivity index (χ1v) is 5.48. The highest BCUT2D eigenvalue weighted by atomic mass is 16.5. The van der Waals surface area contributed by atoms with E-state index in [0.717, 1.165) is 24.4 Å². The SMILES string of the molecule is COc1ccc(O)c(C(C)N2CC(N)C2)c1. The fourth-order valence-electron chi connectivity index (χ4n) is 2.06. The Morgan fingerprint density at radius 2 is 2.19 bits per heavy atom. The highest BCUT2D eigenvalue weighted by Gasteiger charge is 2.29. The Bertz CT molecular complexity index is 375. The van der Waals surface area contributed by atoms with Crippen LogP contribution in [0.25, 0.3) is 0 Å². The van der Waals surface area contributed by atoms with Gasteiger partial charge in [0.1, 0.15) is 11.5 Å². The second kappa shape index (κ2) is 4.31. The van der Waals surface area contributed by atoms with Crippen molar-refractivity contribution in [3.05, 3.63) is 23.8 Å². The zero-order valence-corrected chi connectivity index (χ0v) is 9.68. The third kappa shape index (κ3) is 1.99. The number of nitrogens with two attached hydrogens (primary N) is 1. The average Bonchev–Trinajstić information content (AvgIpc) is 2.25. The molecule has 1 saturated heterocycles. The summed E-state index contributed by atoms with van der Waals surface area (Å²) < 4.78 is 5.16. The minimum atomic E-state index is 0.176. The molecular weight excluding hydrogens is 204 g/mol. The van der Waals surface area contributed by atoms with Gasteiger partial charge in [-0.05, 0) is 25.1 Å². The van der Waals surface area contributed by atoms with Crippen molar-refractivity contribution in [2.24, 2.45) is 5.73 Å². The van der Waals surface area contributed by atoms with Crippen LogP contribution in [0.1, 0.15) is 18.5 Å². The molecule has 0 spiro atoms. The molecule has 2 rings (SSSR count). The maximum Gasteiger partial charge on any atom is 0.120 e. The lowest BCUT2D eigenvalue weighted by Gasteiger charge is -2.41. The Labute approximate surface area is 95.6 Å². The van der Waals surface area contributed by atoms with Crippen LogP contribution in [0.5, 0.6) is 11.5 Å². The van der Waals surface area contributed by atoms with Gasteiger partial charge in [-0.25, -0.2) is 0 Å². The number of benzene rings is 1. The Hall–Kier alpha value is -1.26. The van der Waals surface area contributed by atoms with Crippen LogP contribution in [0.2, 0.25) is 0 Å². The largest absolute Gasteiger partial charge is 0.508 e. The summed E-state index contributed by atoms with van der Waals surface area (Å²) in [5.41, 5.74) is 6.64. The molecule has 1 aromatic carbocycles. The first-order valence-electron chi connectivity index (χ1n) is 5.48. The van der Waals surface area contributed by atoms with Crippen LogP contribution in [0.15, 0.2) is 18.2 Å². The van der Waals surface area contributed by atoms with Crippen LogP contribution in [-0.4, -0.2) is 36.2 Å². The number of methoxy groups -OCH3 is 1. The molecule has 0 radical (unpaired) electrons. The summed E-state index contributed by atoms with van der Waals surface area (Å²) in [6.07, 6.45) is 0. The van der Waals surface area contributed by atoms with Crippen molar-refractivity contribution in [2.45, 2.75) is 19.0 Å². The van der Waals surface area contributed by atoms with Crippen LogP contribution in [0.4, 0.5) is 0 Å². The van der Waals surface area contributed by atoms with Crippen LogP contribution in [0, 0.1) is 0 Å². The number of hydrogen-bond acceptors (Lipinski definition) is 4. The lowest BCUT2D eigenvalue weighted by Crippen LogP contribution is -2.56. The smallest absolute Gasteiger partial charge is 0.120 e. The summed E-state index contributed by atoms with van der Waals surface area (Å²) in [4.78, 5) is 2.24. The van der Waals surface area contributed by atoms with Crippen molar-refractivity contribution in [1.29, 1.82) is 0 Å². The van der Waals surface area contributed by atoms with Gasteiger partial charge in [-0.15, -0.1) is 0 Å². The van der Waals surface area contributed by atoms with E-state index in [4.69, 9.17) is 10.5 Å². The average molecular weight is 222 g/mol.